The van der Waals surface area contributed by atoms with E-state index < -0.39 is 11.9 Å². The molecule has 0 saturated heterocycles. The Bertz CT molecular complexity index is 459. The summed E-state index contributed by atoms with van der Waals surface area (Å²) in [5.41, 5.74) is 0. The molecule has 0 aromatic heterocycles. The molecule has 0 bridgehead atoms. The number of aliphatic carboxylic acids is 2. The molecular weight excluding hydrogens is 352 g/mol. The quantitative estimate of drug-likeness (QED) is 0.239. The Kier molecular flexibility index (Phi) is 14.1. The van der Waals surface area contributed by atoms with Gasteiger partial charge < -0.3 is 29.9 Å². The highest BCUT2D eigenvalue weighted by Crippen LogP contribution is 2.12. The van der Waals surface area contributed by atoms with Crippen molar-refractivity contribution in [1.82, 2.24) is 5.32 Å². The molecule has 0 aromatic rings. The van der Waals surface area contributed by atoms with Crippen molar-refractivity contribution in [2.75, 3.05) is 39.3 Å². The smallest absolute Gasteiger partial charge is 0.303 e. The fourth-order valence-electron chi connectivity index (χ4n) is 3.03. The Balaban J connectivity index is 4.66. The van der Waals surface area contributed by atoms with E-state index in [1.54, 1.807) is 0 Å². The van der Waals surface area contributed by atoms with Gasteiger partial charge in [-0.05, 0) is 19.3 Å². The van der Waals surface area contributed by atoms with Crippen LogP contribution in [0.2, 0.25) is 0 Å². The summed E-state index contributed by atoms with van der Waals surface area (Å²) in [4.78, 5) is 33.4. The summed E-state index contributed by atoms with van der Waals surface area (Å²) in [6.45, 7) is 4.24. The van der Waals surface area contributed by atoms with E-state index in [2.05, 4.69) is 5.32 Å². The van der Waals surface area contributed by atoms with Crippen LogP contribution < -0.4 is 10.4 Å². The van der Waals surface area contributed by atoms with E-state index >= 15 is 0 Å². The van der Waals surface area contributed by atoms with Gasteiger partial charge in [0.2, 0.25) is 5.91 Å². The monoisotopic (exact) mass is 386 g/mol. The van der Waals surface area contributed by atoms with Crippen LogP contribution in [0.15, 0.2) is 12.2 Å². The first-order chi connectivity index (χ1) is 12.8. The maximum absolute atomic E-state index is 11.9. The van der Waals surface area contributed by atoms with Gasteiger partial charge in [0.15, 0.2) is 0 Å². The number of rotatable bonds is 17. The van der Waals surface area contributed by atoms with E-state index in [0.29, 0.717) is 62.9 Å². The fourth-order valence-corrected chi connectivity index (χ4v) is 3.03. The van der Waals surface area contributed by atoms with Crippen molar-refractivity contribution in [1.29, 1.82) is 0 Å². The second-order valence-corrected chi connectivity index (χ2v) is 6.70. The van der Waals surface area contributed by atoms with Crippen molar-refractivity contribution in [3.05, 3.63) is 12.2 Å². The van der Waals surface area contributed by atoms with Crippen LogP contribution in [0.1, 0.15) is 51.9 Å². The first-order valence-corrected chi connectivity index (χ1v) is 9.64. The van der Waals surface area contributed by atoms with Gasteiger partial charge in [0, 0.05) is 25.2 Å². The van der Waals surface area contributed by atoms with Gasteiger partial charge >= 0.3 is 5.97 Å². The molecule has 156 valence electrons. The first-order valence-electron chi connectivity index (χ1n) is 9.64. The molecule has 0 spiro atoms. The molecule has 1 unspecified atom stereocenters. The molecule has 0 saturated carbocycles. The number of aliphatic hydroxyl groups excluding tert-OH is 1. The number of quaternary nitrogens is 1. The number of nitrogens with one attached hydrogen (secondary N) is 1. The Labute approximate surface area is 161 Å². The second kappa shape index (κ2) is 15.2. The second-order valence-electron chi connectivity index (χ2n) is 6.70. The van der Waals surface area contributed by atoms with Crippen molar-refractivity contribution in [2.45, 2.75) is 51.9 Å². The number of carboxylic acids is 2. The molecule has 0 rings (SSSR count). The number of hydrogen-bond acceptors (Lipinski definition) is 5. The lowest BCUT2D eigenvalue weighted by molar-refractivity contribution is -0.927. The average Bonchev–Trinajstić information content (AvgIpc) is 2.58. The van der Waals surface area contributed by atoms with Crippen LogP contribution in [0.25, 0.3) is 0 Å². The summed E-state index contributed by atoms with van der Waals surface area (Å²) in [6, 6.07) is 0. The van der Waals surface area contributed by atoms with Crippen molar-refractivity contribution in [3.8, 4) is 0 Å². The van der Waals surface area contributed by atoms with Crippen LogP contribution in [-0.2, 0) is 14.4 Å². The maximum Gasteiger partial charge on any atom is 0.303 e. The van der Waals surface area contributed by atoms with Crippen LogP contribution in [-0.4, -0.2) is 71.9 Å². The summed E-state index contributed by atoms with van der Waals surface area (Å²) in [7, 11) is 0. The van der Waals surface area contributed by atoms with E-state index in [4.69, 9.17) is 5.11 Å². The number of carbonyl (C=O) groups excluding carboxylic acids is 2. The lowest BCUT2D eigenvalue weighted by atomic mass is 10.2. The molecule has 8 nitrogen and oxygen atoms in total. The van der Waals surface area contributed by atoms with Gasteiger partial charge in [-0.3, -0.25) is 9.59 Å². The first kappa shape index (κ1) is 25.1. The van der Waals surface area contributed by atoms with E-state index in [1.165, 1.54) is 0 Å². The van der Waals surface area contributed by atoms with Crippen LogP contribution >= 0.6 is 0 Å². The van der Waals surface area contributed by atoms with Crippen molar-refractivity contribution in [2.24, 2.45) is 0 Å². The third kappa shape index (κ3) is 13.9. The molecule has 0 aliphatic rings. The minimum Gasteiger partial charge on any atom is -0.550 e. The zero-order chi connectivity index (χ0) is 20.5. The predicted octanol–water partition coefficient (Wildman–Crippen LogP) is 0.0530. The number of nitrogens with zero attached hydrogens (tertiary/aromatic N) is 1. The Morgan fingerprint density at radius 3 is 2.22 bits per heavy atom. The zero-order valence-electron chi connectivity index (χ0n) is 16.3. The lowest BCUT2D eigenvalue weighted by Gasteiger charge is -2.38. The lowest BCUT2D eigenvalue weighted by Crippen LogP contribution is -2.54. The molecule has 0 aliphatic heterocycles. The van der Waals surface area contributed by atoms with Gasteiger partial charge in [0.25, 0.3) is 0 Å². The molecule has 0 heterocycles. The van der Waals surface area contributed by atoms with Crippen LogP contribution in [0, 0.1) is 0 Å². The average molecular weight is 386 g/mol. The zero-order valence-corrected chi connectivity index (χ0v) is 16.3. The number of hydrogen-bond donors (Lipinski definition) is 3. The highest BCUT2D eigenvalue weighted by Gasteiger charge is 2.26. The van der Waals surface area contributed by atoms with Crippen molar-refractivity contribution in [3.63, 3.8) is 0 Å². The summed E-state index contributed by atoms with van der Waals surface area (Å²) in [5.74, 6) is -2.07. The summed E-state index contributed by atoms with van der Waals surface area (Å²) in [5, 5.41) is 31.8. The van der Waals surface area contributed by atoms with Crippen molar-refractivity contribution < 1.29 is 34.2 Å². The fraction of sp³-hybridized carbons (Fsp3) is 0.737. The molecule has 3 N–H and O–H groups in total. The number of aliphatic hydroxyl groups is 1. The van der Waals surface area contributed by atoms with Gasteiger partial charge in [-0.15, -0.1) is 0 Å². The van der Waals surface area contributed by atoms with Crippen LogP contribution in [0.3, 0.4) is 0 Å². The van der Waals surface area contributed by atoms with Crippen LogP contribution in [0.4, 0.5) is 0 Å². The molecule has 0 radical (unpaired) electrons. The normalized spacial score (nSPS) is 13.4. The third-order valence-electron chi connectivity index (χ3n) is 4.46. The molecule has 8 heteroatoms. The standard InChI is InChI=1S/C19H34N2O6/c1-2-3-4-5-8-17(23)20-11-14-21(15-16-22,12-6-9-18(24)25)13-7-10-19(26)27/h3-4,22H,2,5-16H2,1H3,(H2-,20,23,24,25,26,27)/b4-3+. The minimum absolute atomic E-state index is 0.0159. The Morgan fingerprint density at radius 2 is 1.67 bits per heavy atom. The molecule has 1 amide bonds. The number of carbonyl (C=O) groups is 3. The Hall–Kier alpha value is -1.93. The van der Waals surface area contributed by atoms with E-state index in [-0.39, 0.29) is 25.4 Å². The number of allylic oxidation sites excluding steroid dienone is 2. The molecule has 0 aliphatic carbocycles. The largest absolute Gasteiger partial charge is 0.550 e. The van der Waals surface area contributed by atoms with Crippen LogP contribution in [0.5, 0.6) is 0 Å². The van der Waals surface area contributed by atoms with Gasteiger partial charge in [-0.25, -0.2) is 0 Å². The SMILES string of the molecule is CC/C=C/CCC(=O)NCC[N+](CCO)(CCCC(=O)[O-])CCCC(=O)O. The van der Waals surface area contributed by atoms with E-state index in [1.807, 2.05) is 19.1 Å². The molecule has 1 atom stereocenters. The van der Waals surface area contributed by atoms with Gasteiger partial charge in [0.05, 0.1) is 39.2 Å². The van der Waals surface area contributed by atoms with E-state index in [0.717, 1.165) is 6.42 Å². The highest BCUT2D eigenvalue weighted by molar-refractivity contribution is 5.75. The van der Waals surface area contributed by atoms with Crippen molar-refractivity contribution >= 4 is 17.8 Å². The molecule has 0 fully saturated rings. The van der Waals surface area contributed by atoms with E-state index in [9.17, 15) is 24.6 Å². The third-order valence-corrected chi connectivity index (χ3v) is 4.46. The number of carboxylic acid groups (broad SMARTS) is 2. The van der Waals surface area contributed by atoms with Gasteiger partial charge in [-0.2, -0.15) is 0 Å². The predicted molar refractivity (Wildman–Crippen MR) is 99.6 cm³/mol. The molecule has 27 heavy (non-hydrogen) atoms. The molecular formula is C19H34N2O6. The summed E-state index contributed by atoms with van der Waals surface area (Å²) < 4.78 is 0.382. The summed E-state index contributed by atoms with van der Waals surface area (Å²) in [6.07, 6.45) is 6.74. The Morgan fingerprint density at radius 1 is 1.00 bits per heavy atom. The molecule has 0 aromatic carbocycles. The topological polar surface area (TPSA) is 127 Å². The minimum atomic E-state index is -1.13. The summed E-state index contributed by atoms with van der Waals surface area (Å²) >= 11 is 0. The van der Waals surface area contributed by atoms with Gasteiger partial charge in [0.1, 0.15) is 6.54 Å². The van der Waals surface area contributed by atoms with Gasteiger partial charge in [-0.1, -0.05) is 19.1 Å². The highest BCUT2D eigenvalue weighted by atomic mass is 16.4. The maximum atomic E-state index is 11.9. The number of amides is 1.